The molecule has 1 N–H and O–H groups in total. The Balaban J connectivity index is 1.15. The van der Waals surface area contributed by atoms with Crippen LogP contribution in [0, 0.1) is 18.8 Å². The molecule has 5 rings (SSSR count). The number of benzene rings is 1. The van der Waals surface area contributed by atoms with E-state index in [9.17, 15) is 9.59 Å². The standard InChI is InChI=1S/C24H32N6O3/c1-17-11-19(3-4-22(17)28-7-9-33-10-8-28)12-27-13-20-15-29(16-21(20)14-27)24(32)30-6-5-23(26-30)25-18(2)31/h3-6,11,20-21H,7-10,12-16H2,1-2H3,(H,25,26,31). The van der Waals surface area contributed by atoms with Gasteiger partial charge in [-0.25, -0.2) is 4.79 Å². The number of anilines is 2. The highest BCUT2D eigenvalue weighted by molar-refractivity contribution is 5.88. The molecule has 9 heteroatoms. The molecule has 2 atom stereocenters. The molecule has 0 bridgehead atoms. The molecule has 0 saturated carbocycles. The van der Waals surface area contributed by atoms with E-state index in [0.717, 1.165) is 59.0 Å². The zero-order valence-corrected chi connectivity index (χ0v) is 19.4. The van der Waals surface area contributed by atoms with E-state index in [1.165, 1.54) is 28.4 Å². The molecule has 9 nitrogen and oxygen atoms in total. The van der Waals surface area contributed by atoms with Crippen molar-refractivity contribution in [2.75, 3.05) is 62.7 Å². The fraction of sp³-hybridized carbons (Fsp3) is 0.542. The Morgan fingerprint density at radius 3 is 2.48 bits per heavy atom. The van der Waals surface area contributed by atoms with Crippen LogP contribution in [0.4, 0.5) is 16.3 Å². The second-order valence-corrected chi connectivity index (χ2v) is 9.45. The number of amides is 2. The van der Waals surface area contributed by atoms with Crippen LogP contribution in [0.5, 0.6) is 0 Å². The third-order valence-electron chi connectivity index (χ3n) is 6.94. The quantitative estimate of drug-likeness (QED) is 0.764. The van der Waals surface area contributed by atoms with Gasteiger partial charge < -0.3 is 19.9 Å². The number of hydrogen-bond acceptors (Lipinski definition) is 6. The SMILES string of the molecule is CC(=O)Nc1ccn(C(=O)N2CC3CN(Cc4ccc(N5CCOCC5)c(C)c4)CC3C2)n1. The van der Waals surface area contributed by atoms with Crippen LogP contribution in [0.25, 0.3) is 0 Å². The highest BCUT2D eigenvalue weighted by Crippen LogP contribution is 2.33. The largest absolute Gasteiger partial charge is 0.378 e. The summed E-state index contributed by atoms with van der Waals surface area (Å²) in [7, 11) is 0. The third-order valence-corrected chi connectivity index (χ3v) is 6.94. The molecular weight excluding hydrogens is 420 g/mol. The van der Waals surface area contributed by atoms with Crippen LogP contribution in [0.15, 0.2) is 30.5 Å². The maximum absolute atomic E-state index is 12.8. The van der Waals surface area contributed by atoms with E-state index in [4.69, 9.17) is 4.74 Å². The zero-order chi connectivity index (χ0) is 22.9. The van der Waals surface area contributed by atoms with Gasteiger partial charge in [-0.3, -0.25) is 9.69 Å². The van der Waals surface area contributed by atoms with Crippen molar-refractivity contribution >= 4 is 23.4 Å². The number of aromatic nitrogens is 2. The van der Waals surface area contributed by atoms with Crippen molar-refractivity contribution in [1.82, 2.24) is 19.6 Å². The van der Waals surface area contributed by atoms with Gasteiger partial charge in [-0.05, 0) is 36.0 Å². The van der Waals surface area contributed by atoms with Crippen molar-refractivity contribution in [3.05, 3.63) is 41.6 Å². The van der Waals surface area contributed by atoms with Crippen LogP contribution in [-0.4, -0.2) is 84.0 Å². The van der Waals surface area contributed by atoms with Gasteiger partial charge in [0.05, 0.1) is 13.2 Å². The molecule has 2 unspecified atom stereocenters. The Labute approximate surface area is 194 Å². The van der Waals surface area contributed by atoms with Gasteiger partial charge in [-0.15, -0.1) is 5.10 Å². The van der Waals surface area contributed by atoms with Crippen LogP contribution in [0.1, 0.15) is 18.1 Å². The minimum atomic E-state index is -0.200. The van der Waals surface area contributed by atoms with E-state index in [1.54, 1.807) is 12.3 Å². The number of nitrogens with zero attached hydrogens (tertiary/aromatic N) is 5. The molecule has 3 saturated heterocycles. The maximum Gasteiger partial charge on any atom is 0.344 e. The summed E-state index contributed by atoms with van der Waals surface area (Å²) in [6.45, 7) is 11.6. The van der Waals surface area contributed by atoms with Crippen LogP contribution in [0.2, 0.25) is 0 Å². The molecular formula is C24H32N6O3. The number of nitrogens with one attached hydrogen (secondary N) is 1. The van der Waals surface area contributed by atoms with Crippen molar-refractivity contribution in [1.29, 1.82) is 0 Å². The van der Waals surface area contributed by atoms with Crippen molar-refractivity contribution in [3.63, 3.8) is 0 Å². The lowest BCUT2D eigenvalue weighted by atomic mass is 10.0. The van der Waals surface area contributed by atoms with Gasteiger partial charge in [-0.2, -0.15) is 4.68 Å². The Kier molecular flexibility index (Phi) is 6.07. The number of likely N-dealkylation sites (tertiary alicyclic amines) is 2. The first-order valence-electron chi connectivity index (χ1n) is 11.7. The Morgan fingerprint density at radius 1 is 1.09 bits per heavy atom. The second kappa shape index (κ2) is 9.15. The summed E-state index contributed by atoms with van der Waals surface area (Å²) in [5.74, 6) is 1.19. The van der Waals surface area contributed by atoms with Gasteiger partial charge in [0.25, 0.3) is 0 Å². The maximum atomic E-state index is 12.8. The minimum absolute atomic E-state index is 0.123. The molecule has 1 aromatic heterocycles. The van der Waals surface area contributed by atoms with Gasteiger partial charge in [-0.1, -0.05) is 12.1 Å². The molecule has 4 heterocycles. The molecule has 3 aliphatic rings. The first-order valence-corrected chi connectivity index (χ1v) is 11.7. The monoisotopic (exact) mass is 452 g/mol. The molecule has 1 aromatic carbocycles. The average Bonchev–Trinajstić information content (AvgIpc) is 3.49. The van der Waals surface area contributed by atoms with Crippen LogP contribution >= 0.6 is 0 Å². The Hall–Kier alpha value is -2.91. The highest BCUT2D eigenvalue weighted by Gasteiger charge is 2.42. The minimum Gasteiger partial charge on any atom is -0.378 e. The van der Waals surface area contributed by atoms with Crippen LogP contribution in [-0.2, 0) is 16.1 Å². The fourth-order valence-corrected chi connectivity index (χ4v) is 5.43. The summed E-state index contributed by atoms with van der Waals surface area (Å²) < 4.78 is 6.80. The van der Waals surface area contributed by atoms with Crippen LogP contribution < -0.4 is 10.2 Å². The van der Waals surface area contributed by atoms with Crippen molar-refractivity contribution in [2.24, 2.45) is 11.8 Å². The van der Waals surface area contributed by atoms with E-state index in [2.05, 4.69) is 45.3 Å². The predicted molar refractivity (Wildman–Crippen MR) is 125 cm³/mol. The number of ether oxygens (including phenoxy) is 1. The number of hydrogen-bond donors (Lipinski definition) is 1. The molecule has 2 aromatic rings. The Morgan fingerprint density at radius 2 is 1.82 bits per heavy atom. The number of carbonyl (C=O) groups is 2. The van der Waals surface area contributed by atoms with Crippen molar-refractivity contribution in [3.8, 4) is 0 Å². The summed E-state index contributed by atoms with van der Waals surface area (Å²) in [6.07, 6.45) is 1.61. The van der Waals surface area contributed by atoms with Gasteiger partial charge in [0, 0.05) is 70.7 Å². The van der Waals surface area contributed by atoms with E-state index in [0.29, 0.717) is 17.7 Å². The molecule has 0 radical (unpaired) electrons. The van der Waals surface area contributed by atoms with Crippen molar-refractivity contribution in [2.45, 2.75) is 20.4 Å². The van der Waals surface area contributed by atoms with Crippen LogP contribution in [0.3, 0.4) is 0 Å². The number of aryl methyl sites for hydroxylation is 1. The summed E-state index contributed by atoms with van der Waals surface area (Å²) in [5.41, 5.74) is 3.98. The van der Waals surface area contributed by atoms with Crippen molar-refractivity contribution < 1.29 is 14.3 Å². The van der Waals surface area contributed by atoms with E-state index in [1.807, 2.05) is 4.90 Å². The summed E-state index contributed by atoms with van der Waals surface area (Å²) >= 11 is 0. The molecule has 0 spiro atoms. The van der Waals surface area contributed by atoms with Gasteiger partial charge >= 0.3 is 6.03 Å². The summed E-state index contributed by atoms with van der Waals surface area (Å²) in [4.78, 5) is 30.8. The molecule has 3 fully saturated rings. The zero-order valence-electron chi connectivity index (χ0n) is 19.4. The Bertz CT molecular complexity index is 1020. The fourth-order valence-electron chi connectivity index (χ4n) is 5.43. The number of carbonyl (C=O) groups excluding carboxylic acids is 2. The van der Waals surface area contributed by atoms with Gasteiger partial charge in [0.2, 0.25) is 5.91 Å². The second-order valence-electron chi connectivity index (χ2n) is 9.45. The number of fused-ring (bicyclic) bond motifs is 1. The number of rotatable bonds is 4. The topological polar surface area (TPSA) is 82.9 Å². The first-order chi connectivity index (χ1) is 16.0. The van der Waals surface area contributed by atoms with E-state index >= 15 is 0 Å². The lowest BCUT2D eigenvalue weighted by molar-refractivity contribution is -0.114. The summed E-state index contributed by atoms with van der Waals surface area (Å²) in [5, 5.41) is 6.79. The molecule has 2 amide bonds. The van der Waals surface area contributed by atoms with Gasteiger partial charge in [0.1, 0.15) is 0 Å². The molecule has 0 aliphatic carbocycles. The number of morpholine rings is 1. The third kappa shape index (κ3) is 4.74. The smallest absolute Gasteiger partial charge is 0.344 e. The summed E-state index contributed by atoms with van der Waals surface area (Å²) in [6, 6.07) is 8.35. The lowest BCUT2D eigenvalue weighted by Gasteiger charge is -2.30. The lowest BCUT2D eigenvalue weighted by Crippen LogP contribution is -2.36. The first kappa shape index (κ1) is 21.9. The predicted octanol–water partition coefficient (Wildman–Crippen LogP) is 2.02. The normalized spacial score (nSPS) is 23.1. The van der Waals surface area contributed by atoms with E-state index < -0.39 is 0 Å². The average molecular weight is 453 g/mol. The van der Waals surface area contributed by atoms with Gasteiger partial charge in [0.15, 0.2) is 5.82 Å². The highest BCUT2D eigenvalue weighted by atomic mass is 16.5. The van der Waals surface area contributed by atoms with E-state index in [-0.39, 0.29) is 11.9 Å². The molecule has 3 aliphatic heterocycles. The molecule has 33 heavy (non-hydrogen) atoms. The molecule has 176 valence electrons.